The van der Waals surface area contributed by atoms with Crippen molar-refractivity contribution in [3.63, 3.8) is 0 Å². The van der Waals surface area contributed by atoms with Crippen molar-refractivity contribution in [2.45, 2.75) is 32.2 Å². The van der Waals surface area contributed by atoms with Crippen LogP contribution in [0.3, 0.4) is 0 Å². The van der Waals surface area contributed by atoms with Crippen LogP contribution < -0.4 is 15.0 Å². The highest BCUT2D eigenvalue weighted by Crippen LogP contribution is 2.31. The second-order valence-electron chi connectivity index (χ2n) is 8.72. The Morgan fingerprint density at radius 1 is 1.28 bits per heavy atom. The molecule has 4 rings (SSSR count). The summed E-state index contributed by atoms with van der Waals surface area (Å²) >= 11 is 6.24. The zero-order valence-electron chi connectivity index (χ0n) is 20.8. The van der Waals surface area contributed by atoms with E-state index in [2.05, 4.69) is 15.2 Å². The predicted octanol–water partition coefficient (Wildman–Crippen LogP) is 4.38. The van der Waals surface area contributed by atoms with Gasteiger partial charge in [0.25, 0.3) is 5.91 Å². The van der Waals surface area contributed by atoms with Gasteiger partial charge in [-0.05, 0) is 37.5 Å². The number of hydrogen-bond acceptors (Lipinski definition) is 8. The average Bonchev–Trinajstić information content (AvgIpc) is 3.29. The lowest BCUT2D eigenvalue weighted by Gasteiger charge is -2.26. The first-order valence-electron chi connectivity index (χ1n) is 12.1. The van der Waals surface area contributed by atoms with Crippen LogP contribution in [0.2, 0.25) is 5.02 Å². The number of amides is 1. The van der Waals surface area contributed by atoms with Crippen molar-refractivity contribution in [1.29, 1.82) is 5.41 Å². The van der Waals surface area contributed by atoms with Crippen LogP contribution in [0.1, 0.15) is 48.3 Å². The molecule has 2 aromatic heterocycles. The molecular weight excluding hydrogens is 480 g/mol. The smallest absolute Gasteiger partial charge is 0.257 e. The molecule has 1 aromatic carbocycles. The van der Waals surface area contributed by atoms with Gasteiger partial charge in [0, 0.05) is 44.3 Å². The number of carbonyl (C=O) groups excluding carboxylic acids is 1. The molecule has 0 fully saturated rings. The standard InChI is InChI=1S/C25H31ClN8O2/c1-4-20-19-14-23-30-22(29-10-9-28-16-27)15-24(34(23)31-19)32(2)11-5-6-12-36-21-8-7-17(26)13-18(21)25(35)33(20)3/h7-8,13-15,20,27H,4-6,9-12H2,1-3H3,(H,29,30). The fourth-order valence-corrected chi connectivity index (χ4v) is 4.53. The molecule has 1 unspecified atom stereocenters. The summed E-state index contributed by atoms with van der Waals surface area (Å²) in [6, 6.07) is 10.8. The molecule has 1 amide bonds. The first kappa shape index (κ1) is 25.5. The van der Waals surface area contributed by atoms with E-state index in [1.807, 2.05) is 36.6 Å². The molecule has 1 aliphatic heterocycles. The number of rotatable bonds is 5. The van der Waals surface area contributed by atoms with Crippen molar-refractivity contribution in [2.75, 3.05) is 50.6 Å². The lowest BCUT2D eigenvalue weighted by Crippen LogP contribution is -2.31. The Morgan fingerprint density at radius 3 is 2.89 bits per heavy atom. The third-order valence-electron chi connectivity index (χ3n) is 6.26. The van der Waals surface area contributed by atoms with E-state index in [1.165, 1.54) is 0 Å². The number of fused-ring (bicyclic) bond motifs is 2. The van der Waals surface area contributed by atoms with Gasteiger partial charge in [0.2, 0.25) is 0 Å². The second-order valence-corrected chi connectivity index (χ2v) is 9.15. The van der Waals surface area contributed by atoms with Crippen LogP contribution in [-0.4, -0.2) is 71.8 Å². The Morgan fingerprint density at radius 2 is 2.11 bits per heavy atom. The van der Waals surface area contributed by atoms with Gasteiger partial charge in [0.15, 0.2) is 5.65 Å². The van der Waals surface area contributed by atoms with Gasteiger partial charge in [-0.25, -0.2) is 15.4 Å². The zero-order chi connectivity index (χ0) is 25.7. The molecule has 36 heavy (non-hydrogen) atoms. The summed E-state index contributed by atoms with van der Waals surface area (Å²) in [5.74, 6) is 1.95. The highest BCUT2D eigenvalue weighted by Gasteiger charge is 2.27. The van der Waals surface area contributed by atoms with Crippen molar-refractivity contribution in [3.8, 4) is 5.75 Å². The largest absolute Gasteiger partial charge is 0.493 e. The molecule has 10 nitrogen and oxygen atoms in total. The Kier molecular flexibility index (Phi) is 8.07. The van der Waals surface area contributed by atoms with E-state index in [-0.39, 0.29) is 11.9 Å². The number of nitrogens with zero attached hydrogens (tertiary/aromatic N) is 6. The van der Waals surface area contributed by atoms with E-state index in [0.29, 0.717) is 53.9 Å². The van der Waals surface area contributed by atoms with E-state index in [9.17, 15) is 4.79 Å². The highest BCUT2D eigenvalue weighted by atomic mass is 35.5. The Labute approximate surface area is 215 Å². The number of ether oxygens (including phenoxy) is 1. The molecule has 1 atom stereocenters. The molecule has 0 saturated carbocycles. The van der Waals surface area contributed by atoms with Crippen LogP contribution in [0.25, 0.3) is 5.65 Å². The molecular formula is C25H31ClN8O2. The van der Waals surface area contributed by atoms with Crippen LogP contribution >= 0.6 is 11.6 Å². The fourth-order valence-electron chi connectivity index (χ4n) is 4.35. The summed E-state index contributed by atoms with van der Waals surface area (Å²) in [5, 5.41) is 15.6. The molecule has 0 aliphatic carbocycles. The summed E-state index contributed by atoms with van der Waals surface area (Å²) < 4.78 is 7.85. The van der Waals surface area contributed by atoms with Gasteiger partial charge in [-0.1, -0.05) is 18.5 Å². The summed E-state index contributed by atoms with van der Waals surface area (Å²) in [5.41, 5.74) is 1.88. The maximum atomic E-state index is 13.6. The molecule has 3 heterocycles. The normalized spacial score (nSPS) is 16.7. The Bertz CT molecular complexity index is 1290. The second kappa shape index (κ2) is 11.4. The summed E-state index contributed by atoms with van der Waals surface area (Å²) in [4.78, 5) is 26.0. The SMILES string of the molecule is CCC1c2cc3nc(NCCN=C=N)cc(n3n2)N(C)CCCCOc2ccc(Cl)cc2C(=O)N1C. The maximum absolute atomic E-state index is 13.6. The average molecular weight is 511 g/mol. The van der Waals surface area contributed by atoms with Crippen LogP contribution in [0.5, 0.6) is 5.75 Å². The molecule has 3 aromatic rings. The molecule has 2 bridgehead atoms. The van der Waals surface area contributed by atoms with Gasteiger partial charge in [0.05, 0.1) is 36.5 Å². The molecule has 1 aliphatic rings. The minimum Gasteiger partial charge on any atom is -0.493 e. The molecule has 190 valence electrons. The Hall–Kier alpha value is -3.62. The number of nitrogens with one attached hydrogen (secondary N) is 2. The fraction of sp³-hybridized carbons (Fsp3) is 0.440. The number of anilines is 2. The molecule has 0 radical (unpaired) electrons. The lowest BCUT2D eigenvalue weighted by molar-refractivity contribution is 0.0718. The number of aliphatic imine (C=N–C) groups is 1. The summed E-state index contributed by atoms with van der Waals surface area (Å²) in [6.07, 6.45) is 2.37. The first-order chi connectivity index (χ1) is 17.4. The van der Waals surface area contributed by atoms with Gasteiger partial charge in [-0.2, -0.15) is 9.61 Å². The van der Waals surface area contributed by atoms with Crippen molar-refractivity contribution in [2.24, 2.45) is 4.99 Å². The van der Waals surface area contributed by atoms with E-state index >= 15 is 0 Å². The van der Waals surface area contributed by atoms with Crippen LogP contribution in [0, 0.1) is 5.41 Å². The van der Waals surface area contributed by atoms with E-state index in [0.717, 1.165) is 30.9 Å². The number of benzene rings is 1. The summed E-state index contributed by atoms with van der Waals surface area (Å²) in [6.45, 7) is 4.28. The number of aromatic nitrogens is 3. The molecule has 0 spiro atoms. The van der Waals surface area contributed by atoms with Crippen molar-refractivity contribution >= 4 is 40.8 Å². The van der Waals surface area contributed by atoms with Gasteiger partial charge >= 0.3 is 0 Å². The third-order valence-corrected chi connectivity index (χ3v) is 6.50. The van der Waals surface area contributed by atoms with Crippen LogP contribution in [0.4, 0.5) is 11.6 Å². The van der Waals surface area contributed by atoms with E-state index in [4.69, 9.17) is 31.8 Å². The van der Waals surface area contributed by atoms with Crippen LogP contribution in [-0.2, 0) is 0 Å². The molecule has 2 N–H and O–H groups in total. The van der Waals surface area contributed by atoms with E-state index in [1.54, 1.807) is 30.1 Å². The topological polar surface area (TPSA) is 111 Å². The lowest BCUT2D eigenvalue weighted by atomic mass is 10.1. The summed E-state index contributed by atoms with van der Waals surface area (Å²) in [7, 11) is 3.81. The third kappa shape index (κ3) is 5.45. The van der Waals surface area contributed by atoms with Gasteiger partial charge < -0.3 is 19.9 Å². The highest BCUT2D eigenvalue weighted by molar-refractivity contribution is 6.31. The van der Waals surface area contributed by atoms with E-state index < -0.39 is 0 Å². The number of carbonyl (C=O) groups is 1. The number of halogens is 1. The minimum absolute atomic E-state index is 0.175. The maximum Gasteiger partial charge on any atom is 0.257 e. The quantitative estimate of drug-likeness (QED) is 0.389. The van der Waals surface area contributed by atoms with Crippen molar-refractivity contribution in [1.82, 2.24) is 19.5 Å². The predicted molar refractivity (Wildman–Crippen MR) is 141 cm³/mol. The number of hydrogen-bond donors (Lipinski definition) is 2. The Balaban J connectivity index is 1.77. The molecule has 0 saturated heterocycles. The first-order valence-corrected chi connectivity index (χ1v) is 12.4. The van der Waals surface area contributed by atoms with Crippen molar-refractivity contribution < 1.29 is 9.53 Å². The van der Waals surface area contributed by atoms with Crippen molar-refractivity contribution in [3.05, 3.63) is 46.6 Å². The van der Waals surface area contributed by atoms with Gasteiger partial charge in [-0.15, -0.1) is 0 Å². The van der Waals surface area contributed by atoms with Crippen LogP contribution in [0.15, 0.2) is 35.3 Å². The monoisotopic (exact) mass is 510 g/mol. The zero-order valence-corrected chi connectivity index (χ0v) is 21.5. The molecule has 11 heteroatoms. The van der Waals surface area contributed by atoms with Gasteiger partial charge in [0.1, 0.15) is 17.4 Å². The van der Waals surface area contributed by atoms with Gasteiger partial charge in [-0.3, -0.25) is 4.79 Å². The minimum atomic E-state index is -0.271.